The van der Waals surface area contributed by atoms with Gasteiger partial charge in [-0.05, 0) is 61.6 Å². The Morgan fingerprint density at radius 3 is 2.11 bits per heavy atom. The van der Waals surface area contributed by atoms with Gasteiger partial charge in [0.25, 0.3) is 0 Å². The summed E-state index contributed by atoms with van der Waals surface area (Å²) in [4.78, 5) is 0. The van der Waals surface area contributed by atoms with E-state index in [0.29, 0.717) is 18.3 Å². The number of hydrogen-bond donors (Lipinski definition) is 0. The summed E-state index contributed by atoms with van der Waals surface area (Å²) in [6, 6.07) is 5.70. The van der Waals surface area contributed by atoms with Crippen molar-refractivity contribution in [3.05, 3.63) is 29.6 Å². The zero-order valence-electron chi connectivity index (χ0n) is 18.5. The minimum Gasteiger partial charge on any atom is -0.491 e. The lowest BCUT2D eigenvalue weighted by Gasteiger charge is -2.29. The van der Waals surface area contributed by atoms with E-state index >= 15 is 0 Å². The van der Waals surface area contributed by atoms with E-state index in [4.69, 9.17) is 4.74 Å². The van der Waals surface area contributed by atoms with Gasteiger partial charge in [0, 0.05) is 0 Å². The van der Waals surface area contributed by atoms with E-state index in [1.807, 2.05) is 6.07 Å². The van der Waals surface area contributed by atoms with Crippen molar-refractivity contribution in [2.45, 2.75) is 116 Å². The van der Waals surface area contributed by atoms with Crippen molar-refractivity contribution < 1.29 is 9.13 Å². The lowest BCUT2D eigenvalue weighted by Crippen LogP contribution is -2.13. The lowest BCUT2D eigenvalue weighted by atomic mass is 9.77. The van der Waals surface area contributed by atoms with Crippen LogP contribution in [-0.4, -0.2) is 6.61 Å². The van der Waals surface area contributed by atoms with Crippen molar-refractivity contribution in [1.82, 2.24) is 0 Å². The van der Waals surface area contributed by atoms with Crippen LogP contribution in [0.2, 0.25) is 0 Å². The van der Waals surface area contributed by atoms with Crippen molar-refractivity contribution in [2.24, 2.45) is 5.92 Å². The van der Waals surface area contributed by atoms with E-state index in [1.165, 1.54) is 95.5 Å². The second-order valence-corrected chi connectivity index (χ2v) is 8.87. The predicted molar refractivity (Wildman–Crippen MR) is 119 cm³/mol. The van der Waals surface area contributed by atoms with Crippen molar-refractivity contribution >= 4 is 0 Å². The first kappa shape index (κ1) is 23.2. The number of ether oxygens (including phenoxy) is 1. The molecule has 0 aliphatic heterocycles. The highest BCUT2D eigenvalue weighted by molar-refractivity contribution is 5.31. The van der Waals surface area contributed by atoms with Crippen LogP contribution in [0.4, 0.5) is 4.39 Å². The fraction of sp³-hybridized carbons (Fsp3) is 0.769. The van der Waals surface area contributed by atoms with Crippen LogP contribution in [-0.2, 0) is 0 Å². The van der Waals surface area contributed by atoms with Crippen molar-refractivity contribution in [2.75, 3.05) is 6.61 Å². The Morgan fingerprint density at radius 1 is 0.821 bits per heavy atom. The highest BCUT2D eigenvalue weighted by atomic mass is 19.1. The summed E-state index contributed by atoms with van der Waals surface area (Å²) in [6.45, 7) is 5.12. The molecule has 1 nitrogen and oxygen atoms in total. The van der Waals surface area contributed by atoms with Crippen LogP contribution in [0.3, 0.4) is 0 Å². The van der Waals surface area contributed by atoms with Crippen molar-refractivity contribution in [3.8, 4) is 5.75 Å². The van der Waals surface area contributed by atoms with Crippen LogP contribution in [0.15, 0.2) is 18.2 Å². The minimum atomic E-state index is -0.177. The van der Waals surface area contributed by atoms with E-state index in [2.05, 4.69) is 19.9 Å². The molecule has 1 aromatic rings. The number of rotatable bonds is 14. The third kappa shape index (κ3) is 8.53. The third-order valence-electron chi connectivity index (χ3n) is 6.50. The largest absolute Gasteiger partial charge is 0.491 e. The molecular formula is C26H43FO. The Labute approximate surface area is 173 Å². The molecule has 0 bridgehead atoms. The molecule has 1 aliphatic carbocycles. The molecular weight excluding hydrogens is 347 g/mol. The Kier molecular flexibility index (Phi) is 11.6. The summed E-state index contributed by atoms with van der Waals surface area (Å²) in [7, 11) is 0. The Balaban J connectivity index is 1.68. The first-order valence-electron chi connectivity index (χ1n) is 12.2. The molecule has 0 saturated heterocycles. The molecule has 1 aromatic carbocycles. The highest BCUT2D eigenvalue weighted by Crippen LogP contribution is 2.38. The average molecular weight is 391 g/mol. The number of unbranched alkanes of at least 4 members (excludes halogenated alkanes) is 8. The van der Waals surface area contributed by atoms with E-state index < -0.39 is 0 Å². The first-order chi connectivity index (χ1) is 13.7. The maximum atomic E-state index is 14.5. The molecule has 28 heavy (non-hydrogen) atoms. The van der Waals surface area contributed by atoms with Crippen LogP contribution in [0, 0.1) is 11.7 Å². The normalized spacial score (nSPS) is 19.7. The van der Waals surface area contributed by atoms with Crippen LogP contribution in [0.25, 0.3) is 0 Å². The Bertz CT molecular complexity index is 519. The van der Waals surface area contributed by atoms with Crippen LogP contribution < -0.4 is 4.74 Å². The SMILES string of the molecule is CCCCCCCOc1ccc(C2CCC(CCCCCCC)CC2)cc1F. The minimum absolute atomic E-state index is 0.177. The molecule has 1 aliphatic rings. The van der Waals surface area contributed by atoms with Gasteiger partial charge < -0.3 is 4.74 Å². The van der Waals surface area contributed by atoms with Gasteiger partial charge in [0.05, 0.1) is 6.61 Å². The second-order valence-electron chi connectivity index (χ2n) is 8.87. The number of benzene rings is 1. The van der Waals surface area contributed by atoms with Gasteiger partial charge in [0.1, 0.15) is 0 Å². The zero-order valence-corrected chi connectivity index (χ0v) is 18.5. The molecule has 0 spiro atoms. The Hall–Kier alpha value is -1.05. The molecule has 2 heteroatoms. The lowest BCUT2D eigenvalue weighted by molar-refractivity contribution is 0.287. The van der Waals surface area contributed by atoms with E-state index in [0.717, 1.165) is 12.3 Å². The summed E-state index contributed by atoms with van der Waals surface area (Å²) in [5.41, 5.74) is 1.18. The maximum Gasteiger partial charge on any atom is 0.165 e. The van der Waals surface area contributed by atoms with Crippen LogP contribution in [0.5, 0.6) is 5.75 Å². The molecule has 0 radical (unpaired) electrons. The number of halogens is 1. The van der Waals surface area contributed by atoms with Gasteiger partial charge in [-0.1, -0.05) is 84.1 Å². The van der Waals surface area contributed by atoms with E-state index in [1.54, 1.807) is 6.07 Å². The second kappa shape index (κ2) is 14.0. The zero-order chi connectivity index (χ0) is 20.0. The van der Waals surface area contributed by atoms with E-state index in [9.17, 15) is 4.39 Å². The molecule has 0 amide bonds. The quantitative estimate of drug-likeness (QED) is 0.288. The molecule has 1 fully saturated rings. The highest BCUT2D eigenvalue weighted by Gasteiger charge is 2.23. The average Bonchev–Trinajstić information content (AvgIpc) is 2.72. The van der Waals surface area contributed by atoms with Gasteiger partial charge in [-0.15, -0.1) is 0 Å². The summed E-state index contributed by atoms with van der Waals surface area (Å²) in [5, 5.41) is 0. The number of hydrogen-bond acceptors (Lipinski definition) is 1. The summed E-state index contributed by atoms with van der Waals surface area (Å²) in [5.74, 6) is 1.69. The standard InChI is InChI=1S/C26H43FO/c1-3-5-7-9-11-13-22-14-16-23(17-15-22)24-18-19-26(25(27)21-24)28-20-12-10-8-6-4-2/h18-19,21-23H,3-17,20H2,1-2H3. The Morgan fingerprint density at radius 2 is 1.46 bits per heavy atom. The molecule has 0 aromatic heterocycles. The summed E-state index contributed by atoms with van der Waals surface area (Å²) in [6.07, 6.45) is 19.4. The van der Waals surface area contributed by atoms with Gasteiger partial charge in [-0.2, -0.15) is 0 Å². The monoisotopic (exact) mass is 390 g/mol. The van der Waals surface area contributed by atoms with Crippen LogP contribution >= 0.6 is 0 Å². The third-order valence-corrected chi connectivity index (χ3v) is 6.50. The predicted octanol–water partition coefficient (Wildman–Crippen LogP) is 8.81. The van der Waals surface area contributed by atoms with Crippen molar-refractivity contribution in [1.29, 1.82) is 0 Å². The summed E-state index contributed by atoms with van der Waals surface area (Å²) < 4.78 is 20.1. The molecule has 160 valence electrons. The first-order valence-corrected chi connectivity index (χ1v) is 12.2. The van der Waals surface area contributed by atoms with Crippen LogP contribution in [0.1, 0.15) is 122 Å². The van der Waals surface area contributed by atoms with Gasteiger partial charge in [0.2, 0.25) is 0 Å². The van der Waals surface area contributed by atoms with Gasteiger partial charge in [-0.3, -0.25) is 0 Å². The summed E-state index contributed by atoms with van der Waals surface area (Å²) >= 11 is 0. The van der Waals surface area contributed by atoms with Gasteiger partial charge in [-0.25, -0.2) is 4.39 Å². The molecule has 0 N–H and O–H groups in total. The fourth-order valence-electron chi connectivity index (χ4n) is 4.60. The topological polar surface area (TPSA) is 9.23 Å². The molecule has 2 rings (SSSR count). The van der Waals surface area contributed by atoms with Gasteiger partial charge >= 0.3 is 0 Å². The molecule has 0 atom stereocenters. The maximum absolute atomic E-state index is 14.5. The smallest absolute Gasteiger partial charge is 0.165 e. The van der Waals surface area contributed by atoms with Gasteiger partial charge in [0.15, 0.2) is 11.6 Å². The fourth-order valence-corrected chi connectivity index (χ4v) is 4.60. The van der Waals surface area contributed by atoms with Crippen molar-refractivity contribution in [3.63, 3.8) is 0 Å². The molecule has 1 saturated carbocycles. The molecule has 0 unspecified atom stereocenters. The molecule has 0 heterocycles. The van der Waals surface area contributed by atoms with E-state index in [-0.39, 0.29) is 5.82 Å².